The van der Waals surface area contributed by atoms with Crippen LogP contribution < -0.4 is 4.90 Å². The van der Waals surface area contributed by atoms with Crippen LogP contribution in [-0.4, -0.2) is 42.1 Å². The van der Waals surface area contributed by atoms with Crippen LogP contribution in [0, 0.1) is 0 Å². The van der Waals surface area contributed by atoms with Crippen LogP contribution in [0.2, 0.25) is 0 Å². The maximum atomic E-state index is 11.5. The van der Waals surface area contributed by atoms with Crippen molar-refractivity contribution in [2.45, 2.75) is 71.1 Å². The van der Waals surface area contributed by atoms with Crippen molar-refractivity contribution in [1.82, 2.24) is 0 Å². The molecule has 3 aliphatic rings. The molecule has 0 radical (unpaired) electrons. The Morgan fingerprint density at radius 1 is 0.898 bits per heavy atom. The van der Waals surface area contributed by atoms with Gasteiger partial charge >= 0.3 is 0 Å². The van der Waals surface area contributed by atoms with Crippen molar-refractivity contribution in [3.05, 3.63) is 124 Å². The summed E-state index contributed by atoms with van der Waals surface area (Å²) in [5, 5.41) is 5.69. The van der Waals surface area contributed by atoms with Crippen LogP contribution in [0.5, 0.6) is 0 Å². The number of likely N-dealkylation sites (N-methyl/N-ethyl adjacent to an activating group) is 1. The van der Waals surface area contributed by atoms with Gasteiger partial charge in [0.05, 0.1) is 20.6 Å². The molecule has 7 rings (SSSR count). The molecule has 2 heterocycles. The standard InChI is InChI=1S/C42H43ClN2O3S/c1-6-44-34-22-18-28-12-7-9-14-32(28)38(34)41(2,3)36(44)24-20-30-16-17-31(40(30)43)21-25-37-42(4,5)39-33-15-10-8-13-29(33)19-23-35(39)45(37)26-11-27-49(46,47)48/h7-10,12-15,18-19,22-25H,6,11,16-17,20,26-27H2,1-5H3/b36-24-. The number of benzene rings is 4. The van der Waals surface area contributed by atoms with Crippen molar-refractivity contribution in [2.75, 3.05) is 23.7 Å². The Hall–Kier alpha value is -3.93. The largest absolute Gasteiger partial charge is 0.748 e. The maximum absolute atomic E-state index is 11.5. The molecule has 252 valence electrons. The van der Waals surface area contributed by atoms with Gasteiger partial charge in [-0.2, -0.15) is 4.58 Å². The van der Waals surface area contributed by atoms with Gasteiger partial charge in [0.25, 0.3) is 0 Å². The molecule has 5 nitrogen and oxygen atoms in total. The molecule has 49 heavy (non-hydrogen) atoms. The average Bonchev–Trinajstić information content (AvgIpc) is 3.61. The molecule has 0 spiro atoms. The lowest BCUT2D eigenvalue weighted by Crippen LogP contribution is -2.28. The zero-order valence-corrected chi connectivity index (χ0v) is 30.5. The van der Waals surface area contributed by atoms with Crippen LogP contribution in [0.15, 0.2) is 113 Å². The van der Waals surface area contributed by atoms with Gasteiger partial charge in [-0.15, -0.1) is 5.73 Å². The van der Waals surface area contributed by atoms with Crippen LogP contribution in [0.3, 0.4) is 0 Å². The summed E-state index contributed by atoms with van der Waals surface area (Å²) in [5.74, 6) is -0.397. The van der Waals surface area contributed by atoms with Gasteiger partial charge in [0.1, 0.15) is 6.54 Å². The smallest absolute Gasteiger partial charge is 0.210 e. The minimum absolute atomic E-state index is 0.144. The number of allylic oxidation sites excluding steroid dienone is 5. The van der Waals surface area contributed by atoms with E-state index in [-0.39, 0.29) is 17.3 Å². The first-order valence-electron chi connectivity index (χ1n) is 17.3. The quantitative estimate of drug-likeness (QED) is 0.105. The van der Waals surface area contributed by atoms with Crippen molar-refractivity contribution < 1.29 is 17.5 Å². The Balaban J connectivity index is 1.24. The fourth-order valence-corrected chi connectivity index (χ4v) is 9.29. The van der Waals surface area contributed by atoms with Gasteiger partial charge in [-0.05, 0) is 84.8 Å². The minimum atomic E-state index is -4.31. The molecule has 0 bridgehead atoms. The van der Waals surface area contributed by atoms with E-state index >= 15 is 0 Å². The first kappa shape index (κ1) is 33.6. The lowest BCUT2D eigenvalue weighted by molar-refractivity contribution is -0.437. The summed E-state index contributed by atoms with van der Waals surface area (Å²) >= 11 is 7.13. The zero-order valence-electron chi connectivity index (χ0n) is 28.9. The second-order valence-corrected chi connectivity index (χ2v) is 16.4. The second-order valence-electron chi connectivity index (χ2n) is 14.5. The normalized spacial score (nSPS) is 19.0. The fourth-order valence-electron chi connectivity index (χ4n) is 8.49. The van der Waals surface area contributed by atoms with E-state index in [1.165, 1.54) is 44.2 Å². The molecule has 0 unspecified atom stereocenters. The highest BCUT2D eigenvalue weighted by Gasteiger charge is 2.45. The molecule has 0 saturated carbocycles. The fraction of sp³-hybridized carbons (Fsp3) is 0.333. The second kappa shape index (κ2) is 12.4. The van der Waals surface area contributed by atoms with Crippen LogP contribution in [0.4, 0.5) is 11.4 Å². The molecule has 4 aromatic rings. The van der Waals surface area contributed by atoms with E-state index in [9.17, 15) is 13.0 Å². The molecule has 1 aliphatic carbocycles. The van der Waals surface area contributed by atoms with Crippen molar-refractivity contribution in [1.29, 1.82) is 0 Å². The van der Waals surface area contributed by atoms with Crippen LogP contribution in [-0.2, 0) is 20.9 Å². The molecule has 0 amide bonds. The van der Waals surface area contributed by atoms with Gasteiger partial charge in [0.15, 0.2) is 5.71 Å². The third-order valence-corrected chi connectivity index (χ3v) is 12.1. The van der Waals surface area contributed by atoms with E-state index in [1.807, 2.05) is 12.1 Å². The van der Waals surface area contributed by atoms with E-state index in [2.05, 4.69) is 123 Å². The first-order valence-corrected chi connectivity index (χ1v) is 19.2. The highest BCUT2D eigenvalue weighted by atomic mass is 35.5. The predicted octanol–water partition coefficient (Wildman–Crippen LogP) is 9.76. The number of hydrogen-bond acceptors (Lipinski definition) is 4. The SMILES string of the molecule is CCN1/C(=C\CC2=C(Cl)C(=C=CC3=[N+](CCCS(=O)(=O)[O-])c4ccc5ccccc5c4C3(C)C)CC2)C(C)(C)c2c1ccc1ccccc21. The number of anilines is 1. The number of nitrogens with zero attached hydrogens (tertiary/aromatic N) is 2. The van der Waals surface area contributed by atoms with Gasteiger partial charge in [0, 0.05) is 58.8 Å². The molecule has 7 heteroatoms. The van der Waals surface area contributed by atoms with Crippen LogP contribution >= 0.6 is 11.6 Å². The first-order chi connectivity index (χ1) is 23.3. The summed E-state index contributed by atoms with van der Waals surface area (Å²) in [6.07, 6.45) is 7.14. The van der Waals surface area contributed by atoms with Crippen molar-refractivity contribution in [2.24, 2.45) is 0 Å². The lowest BCUT2D eigenvalue weighted by Gasteiger charge is -2.26. The number of halogens is 1. The Morgan fingerprint density at radius 3 is 2.22 bits per heavy atom. The predicted molar refractivity (Wildman–Crippen MR) is 202 cm³/mol. The van der Waals surface area contributed by atoms with Crippen molar-refractivity contribution in [3.8, 4) is 0 Å². The highest BCUT2D eigenvalue weighted by molar-refractivity contribution is 7.85. The third-order valence-electron chi connectivity index (χ3n) is 10.8. The molecule has 0 atom stereocenters. The number of fused-ring (bicyclic) bond motifs is 6. The molecular formula is C42H43ClN2O3S. The monoisotopic (exact) mass is 690 g/mol. The van der Waals surface area contributed by atoms with Gasteiger partial charge < -0.3 is 9.45 Å². The van der Waals surface area contributed by atoms with Crippen molar-refractivity contribution in [3.63, 3.8) is 0 Å². The average molecular weight is 691 g/mol. The molecule has 0 fully saturated rings. The van der Waals surface area contributed by atoms with E-state index in [0.717, 1.165) is 53.2 Å². The van der Waals surface area contributed by atoms with Crippen LogP contribution in [0.25, 0.3) is 21.5 Å². The molecule has 4 aromatic carbocycles. The summed E-state index contributed by atoms with van der Waals surface area (Å²) in [5.41, 5.74) is 12.5. The number of hydrogen-bond donors (Lipinski definition) is 0. The molecule has 0 aromatic heterocycles. The van der Waals surface area contributed by atoms with Gasteiger partial charge in [-0.1, -0.05) is 86.1 Å². The Labute approximate surface area is 295 Å². The molecule has 0 saturated heterocycles. The maximum Gasteiger partial charge on any atom is 0.210 e. The Morgan fingerprint density at radius 2 is 1.55 bits per heavy atom. The topological polar surface area (TPSA) is 63.5 Å². The minimum Gasteiger partial charge on any atom is -0.748 e. The zero-order chi connectivity index (χ0) is 34.7. The summed E-state index contributed by atoms with van der Waals surface area (Å²) in [6, 6.07) is 25.7. The molecule has 2 aliphatic heterocycles. The van der Waals surface area contributed by atoms with Gasteiger partial charge in [-0.3, -0.25) is 0 Å². The summed E-state index contributed by atoms with van der Waals surface area (Å²) in [6.45, 7) is 12.6. The lowest BCUT2D eigenvalue weighted by atomic mass is 9.79. The summed E-state index contributed by atoms with van der Waals surface area (Å²) in [4.78, 5) is 2.45. The van der Waals surface area contributed by atoms with E-state index in [0.29, 0.717) is 6.54 Å². The Bertz CT molecular complexity index is 2300. The summed E-state index contributed by atoms with van der Waals surface area (Å²) < 4.78 is 36.6. The summed E-state index contributed by atoms with van der Waals surface area (Å²) in [7, 11) is -4.31. The van der Waals surface area contributed by atoms with Gasteiger partial charge in [0.2, 0.25) is 5.69 Å². The molecule has 0 N–H and O–H groups in total. The molecular weight excluding hydrogens is 648 g/mol. The number of rotatable bonds is 8. The van der Waals surface area contributed by atoms with E-state index < -0.39 is 15.9 Å². The Kier molecular flexibility index (Phi) is 8.52. The van der Waals surface area contributed by atoms with Crippen molar-refractivity contribution >= 4 is 60.4 Å². The van der Waals surface area contributed by atoms with E-state index in [1.54, 1.807) is 0 Å². The van der Waals surface area contributed by atoms with Gasteiger partial charge in [-0.25, -0.2) is 8.42 Å². The van der Waals surface area contributed by atoms with Crippen LogP contribution in [0.1, 0.15) is 71.4 Å². The highest BCUT2D eigenvalue weighted by Crippen LogP contribution is 2.51. The van der Waals surface area contributed by atoms with E-state index in [4.69, 9.17) is 11.6 Å². The third kappa shape index (κ3) is 5.79.